The number of hydrogen-bond donors (Lipinski definition) is 1. The molecule has 0 atom stereocenters. The van der Waals surface area contributed by atoms with Gasteiger partial charge in [-0.15, -0.1) is 0 Å². The van der Waals surface area contributed by atoms with Crippen LogP contribution in [-0.2, 0) is 6.54 Å². The molecule has 1 rings (SSSR count). The molecule has 1 amide bonds. The molecule has 0 saturated heterocycles. The minimum absolute atomic E-state index is 0.0204. The number of carbonyl (C=O) groups excluding carboxylic acids is 1. The summed E-state index contributed by atoms with van der Waals surface area (Å²) in [6.45, 7) is 8.22. The van der Waals surface area contributed by atoms with Crippen molar-refractivity contribution in [2.75, 3.05) is 18.8 Å². The van der Waals surface area contributed by atoms with Gasteiger partial charge in [-0.3, -0.25) is 9.48 Å². The molecular formula is C14H24N4O. The zero-order chi connectivity index (χ0) is 14.3. The Morgan fingerprint density at radius 1 is 1.42 bits per heavy atom. The standard InChI is InChI=1S/C14H24N4O/c1-4-7-10-18-11-12(13(15)16-18)14(19)17(8-5-2)9-6-3/h4,7,11H,5-6,8-10H2,1-3H3,(H2,15,16)/b7-4+. The van der Waals surface area contributed by atoms with Gasteiger partial charge in [0.1, 0.15) is 5.56 Å². The third-order valence-corrected chi connectivity index (χ3v) is 2.82. The number of allylic oxidation sites excluding steroid dienone is 2. The summed E-state index contributed by atoms with van der Waals surface area (Å²) in [6, 6.07) is 0. The van der Waals surface area contributed by atoms with Crippen molar-refractivity contribution in [2.24, 2.45) is 0 Å². The van der Waals surface area contributed by atoms with Gasteiger partial charge in [-0.05, 0) is 19.8 Å². The lowest BCUT2D eigenvalue weighted by atomic mass is 10.2. The van der Waals surface area contributed by atoms with Gasteiger partial charge in [0.15, 0.2) is 5.82 Å². The lowest BCUT2D eigenvalue weighted by molar-refractivity contribution is 0.0756. The van der Waals surface area contributed by atoms with E-state index in [0.29, 0.717) is 17.9 Å². The molecule has 1 aromatic heterocycles. The Morgan fingerprint density at radius 2 is 2.05 bits per heavy atom. The molecule has 0 aliphatic carbocycles. The Balaban J connectivity index is 2.87. The second-order valence-corrected chi connectivity index (χ2v) is 4.51. The third-order valence-electron chi connectivity index (χ3n) is 2.82. The molecule has 0 bridgehead atoms. The van der Waals surface area contributed by atoms with Crippen molar-refractivity contribution in [3.8, 4) is 0 Å². The van der Waals surface area contributed by atoms with Gasteiger partial charge in [0.05, 0.1) is 6.54 Å². The van der Waals surface area contributed by atoms with Crippen molar-refractivity contribution in [1.82, 2.24) is 14.7 Å². The fourth-order valence-corrected chi connectivity index (χ4v) is 1.93. The van der Waals surface area contributed by atoms with E-state index in [2.05, 4.69) is 18.9 Å². The van der Waals surface area contributed by atoms with E-state index in [4.69, 9.17) is 5.73 Å². The highest BCUT2D eigenvalue weighted by Crippen LogP contribution is 2.13. The van der Waals surface area contributed by atoms with Crippen molar-refractivity contribution in [3.63, 3.8) is 0 Å². The van der Waals surface area contributed by atoms with Gasteiger partial charge in [-0.2, -0.15) is 5.10 Å². The van der Waals surface area contributed by atoms with Gasteiger partial charge in [-0.25, -0.2) is 0 Å². The number of aromatic nitrogens is 2. The molecular weight excluding hydrogens is 240 g/mol. The summed E-state index contributed by atoms with van der Waals surface area (Å²) in [5.41, 5.74) is 6.35. The number of rotatable bonds is 7. The number of amides is 1. The summed E-state index contributed by atoms with van der Waals surface area (Å²) in [5.74, 6) is 0.291. The highest BCUT2D eigenvalue weighted by molar-refractivity contribution is 5.98. The van der Waals surface area contributed by atoms with Crippen molar-refractivity contribution in [1.29, 1.82) is 0 Å². The first kappa shape index (κ1) is 15.3. The van der Waals surface area contributed by atoms with Crippen LogP contribution in [0.25, 0.3) is 0 Å². The predicted molar refractivity (Wildman–Crippen MR) is 77.9 cm³/mol. The Bertz CT molecular complexity index is 431. The zero-order valence-electron chi connectivity index (χ0n) is 12.1. The Kier molecular flexibility index (Phi) is 6.12. The number of anilines is 1. The van der Waals surface area contributed by atoms with Crippen LogP contribution in [0.5, 0.6) is 0 Å². The maximum Gasteiger partial charge on any atom is 0.259 e. The summed E-state index contributed by atoms with van der Waals surface area (Å²) in [4.78, 5) is 14.2. The van der Waals surface area contributed by atoms with Gasteiger partial charge in [0.25, 0.3) is 5.91 Å². The van der Waals surface area contributed by atoms with Crippen LogP contribution in [0, 0.1) is 0 Å². The van der Waals surface area contributed by atoms with E-state index < -0.39 is 0 Å². The van der Waals surface area contributed by atoms with Gasteiger partial charge in [0.2, 0.25) is 0 Å². The van der Waals surface area contributed by atoms with Gasteiger partial charge >= 0.3 is 0 Å². The van der Waals surface area contributed by atoms with Crippen molar-refractivity contribution >= 4 is 11.7 Å². The molecule has 5 heteroatoms. The van der Waals surface area contributed by atoms with Crippen LogP contribution in [0.15, 0.2) is 18.3 Å². The van der Waals surface area contributed by atoms with Crippen LogP contribution >= 0.6 is 0 Å². The first-order valence-electron chi connectivity index (χ1n) is 6.87. The molecule has 0 fully saturated rings. The van der Waals surface area contributed by atoms with E-state index in [1.54, 1.807) is 10.9 Å². The van der Waals surface area contributed by atoms with Crippen LogP contribution in [0.1, 0.15) is 44.0 Å². The molecule has 19 heavy (non-hydrogen) atoms. The molecule has 0 unspecified atom stereocenters. The maximum atomic E-state index is 12.4. The Labute approximate surface area is 115 Å². The van der Waals surface area contributed by atoms with Gasteiger partial charge in [0, 0.05) is 19.3 Å². The average molecular weight is 264 g/mol. The normalized spacial score (nSPS) is 11.1. The fraction of sp³-hybridized carbons (Fsp3) is 0.571. The summed E-state index contributed by atoms with van der Waals surface area (Å²) >= 11 is 0. The molecule has 106 valence electrons. The Hall–Kier alpha value is -1.78. The fourth-order valence-electron chi connectivity index (χ4n) is 1.93. The van der Waals surface area contributed by atoms with E-state index in [-0.39, 0.29) is 5.91 Å². The molecule has 0 radical (unpaired) electrons. The average Bonchev–Trinajstić information content (AvgIpc) is 2.76. The summed E-state index contributed by atoms with van der Waals surface area (Å²) < 4.78 is 1.69. The van der Waals surface area contributed by atoms with E-state index >= 15 is 0 Å². The second kappa shape index (κ2) is 7.61. The maximum absolute atomic E-state index is 12.4. The minimum atomic E-state index is -0.0204. The number of nitrogens with zero attached hydrogens (tertiary/aromatic N) is 3. The van der Waals surface area contributed by atoms with E-state index in [9.17, 15) is 4.79 Å². The molecule has 0 spiro atoms. The van der Waals surface area contributed by atoms with E-state index in [0.717, 1.165) is 25.9 Å². The molecule has 1 aromatic rings. The number of carbonyl (C=O) groups is 1. The molecule has 0 aromatic carbocycles. The lowest BCUT2D eigenvalue weighted by Crippen LogP contribution is -2.32. The summed E-state index contributed by atoms with van der Waals surface area (Å²) in [7, 11) is 0. The van der Waals surface area contributed by atoms with Crippen LogP contribution in [0.2, 0.25) is 0 Å². The monoisotopic (exact) mass is 264 g/mol. The van der Waals surface area contributed by atoms with Crippen molar-refractivity contribution in [3.05, 3.63) is 23.9 Å². The summed E-state index contributed by atoms with van der Waals surface area (Å²) in [5, 5.41) is 4.17. The smallest absolute Gasteiger partial charge is 0.259 e. The summed E-state index contributed by atoms with van der Waals surface area (Å²) in [6.07, 6.45) is 7.53. The highest BCUT2D eigenvalue weighted by Gasteiger charge is 2.19. The molecule has 1 heterocycles. The first-order chi connectivity index (χ1) is 9.13. The topological polar surface area (TPSA) is 64.2 Å². The van der Waals surface area contributed by atoms with Crippen molar-refractivity contribution in [2.45, 2.75) is 40.2 Å². The predicted octanol–water partition coefficient (Wildman–Crippen LogP) is 2.30. The van der Waals surface area contributed by atoms with Crippen LogP contribution in [-0.4, -0.2) is 33.7 Å². The molecule has 0 aliphatic heterocycles. The van der Waals surface area contributed by atoms with E-state index in [1.807, 2.05) is 24.0 Å². The largest absolute Gasteiger partial charge is 0.382 e. The highest BCUT2D eigenvalue weighted by atomic mass is 16.2. The minimum Gasteiger partial charge on any atom is -0.382 e. The van der Waals surface area contributed by atoms with Gasteiger partial charge in [-0.1, -0.05) is 26.0 Å². The number of hydrogen-bond acceptors (Lipinski definition) is 3. The zero-order valence-corrected chi connectivity index (χ0v) is 12.1. The Morgan fingerprint density at radius 3 is 2.58 bits per heavy atom. The molecule has 0 saturated carbocycles. The third kappa shape index (κ3) is 4.12. The van der Waals surface area contributed by atoms with Crippen molar-refractivity contribution < 1.29 is 4.79 Å². The molecule has 5 nitrogen and oxygen atoms in total. The lowest BCUT2D eigenvalue weighted by Gasteiger charge is -2.20. The quantitative estimate of drug-likeness (QED) is 0.769. The van der Waals surface area contributed by atoms with Crippen LogP contribution in [0.4, 0.5) is 5.82 Å². The molecule has 0 aliphatic rings. The number of nitrogens with two attached hydrogens (primary N) is 1. The van der Waals surface area contributed by atoms with Crippen LogP contribution in [0.3, 0.4) is 0 Å². The SMILES string of the molecule is C/C=C/Cn1cc(C(=O)N(CCC)CCC)c(N)n1. The first-order valence-corrected chi connectivity index (χ1v) is 6.87. The van der Waals surface area contributed by atoms with E-state index in [1.165, 1.54) is 0 Å². The van der Waals surface area contributed by atoms with Gasteiger partial charge < -0.3 is 10.6 Å². The molecule has 2 N–H and O–H groups in total. The van der Waals surface area contributed by atoms with Crippen LogP contribution < -0.4 is 5.73 Å². The number of nitrogen functional groups attached to an aromatic ring is 1. The second-order valence-electron chi connectivity index (χ2n) is 4.51.